The van der Waals surface area contributed by atoms with Gasteiger partial charge >= 0.3 is 11.9 Å². The molecule has 0 aromatic carbocycles. The van der Waals surface area contributed by atoms with Crippen molar-refractivity contribution in [2.75, 3.05) is 20.8 Å². The van der Waals surface area contributed by atoms with Crippen LogP contribution in [-0.2, 0) is 23.8 Å². The maximum absolute atomic E-state index is 12.2. The van der Waals surface area contributed by atoms with Gasteiger partial charge < -0.3 is 14.2 Å². The molecular weight excluding hydrogens is 260 g/mol. The first-order valence-corrected chi connectivity index (χ1v) is 7.11. The largest absolute Gasteiger partial charge is 0.466 e. The first-order valence-electron chi connectivity index (χ1n) is 7.11. The number of hydrogen-bond acceptors (Lipinski definition) is 5. The molecule has 0 aliphatic carbocycles. The molecule has 1 rings (SSSR count). The van der Waals surface area contributed by atoms with Gasteiger partial charge in [0.1, 0.15) is 0 Å². The molecule has 2 atom stereocenters. The van der Waals surface area contributed by atoms with Gasteiger partial charge in [-0.05, 0) is 12.8 Å². The number of ether oxygens (including phenoxy) is 3. The second kappa shape index (κ2) is 8.04. The Bertz CT molecular complexity index is 386. The van der Waals surface area contributed by atoms with Crippen molar-refractivity contribution in [3.63, 3.8) is 0 Å². The van der Waals surface area contributed by atoms with Crippen LogP contribution in [0, 0.1) is 5.92 Å². The second-order valence-electron chi connectivity index (χ2n) is 4.84. The minimum absolute atomic E-state index is 0.0637. The molecule has 5 nitrogen and oxygen atoms in total. The minimum atomic E-state index is -0.466. The van der Waals surface area contributed by atoms with Crippen LogP contribution in [-0.4, -0.2) is 38.9 Å². The summed E-state index contributed by atoms with van der Waals surface area (Å²) in [5.74, 6) is -1.03. The molecule has 0 N–H and O–H groups in total. The minimum Gasteiger partial charge on any atom is -0.466 e. The molecule has 0 aromatic rings. The monoisotopic (exact) mass is 284 g/mol. The molecule has 5 heteroatoms. The molecule has 0 fully saturated rings. The van der Waals surface area contributed by atoms with Gasteiger partial charge in [-0.2, -0.15) is 0 Å². The smallest absolute Gasteiger partial charge is 0.334 e. The molecule has 0 spiro atoms. The molecule has 20 heavy (non-hydrogen) atoms. The normalized spacial score (nSPS) is 23.2. The average molecular weight is 284 g/mol. The Kier molecular flexibility index (Phi) is 6.71. The molecule has 0 aromatic heterocycles. The van der Waals surface area contributed by atoms with Crippen LogP contribution in [0.5, 0.6) is 0 Å². The lowest BCUT2D eigenvalue weighted by Gasteiger charge is -2.25. The summed E-state index contributed by atoms with van der Waals surface area (Å²) in [7, 11) is 2.65. The van der Waals surface area contributed by atoms with Crippen molar-refractivity contribution in [1.82, 2.24) is 0 Å². The van der Waals surface area contributed by atoms with Crippen molar-refractivity contribution >= 4 is 11.9 Å². The molecule has 0 radical (unpaired) electrons. The third-order valence-electron chi connectivity index (χ3n) is 3.67. The van der Waals surface area contributed by atoms with Crippen molar-refractivity contribution in [1.29, 1.82) is 0 Å². The van der Waals surface area contributed by atoms with E-state index in [-0.39, 0.29) is 12.0 Å². The molecule has 1 heterocycles. The molecule has 0 bridgehead atoms. The summed E-state index contributed by atoms with van der Waals surface area (Å²) in [5.41, 5.74) is 0.833. The van der Waals surface area contributed by atoms with E-state index in [9.17, 15) is 9.59 Å². The molecular formula is C15H24O5. The lowest BCUT2D eigenvalue weighted by Crippen LogP contribution is -2.28. The summed E-state index contributed by atoms with van der Waals surface area (Å²) in [6.07, 6.45) is 2.79. The zero-order valence-corrected chi connectivity index (χ0v) is 12.7. The summed E-state index contributed by atoms with van der Waals surface area (Å²) in [5, 5.41) is 0. The highest BCUT2D eigenvalue weighted by Gasteiger charge is 2.36. The zero-order chi connectivity index (χ0) is 15.1. The highest BCUT2D eigenvalue weighted by Crippen LogP contribution is 2.33. The SMILES string of the molecule is CCC[C@H]1C(C(=O)OC)=C(C(=O)OC)CCOC1CC. The van der Waals surface area contributed by atoms with Crippen LogP contribution in [0.3, 0.4) is 0 Å². The summed E-state index contributed by atoms with van der Waals surface area (Å²) in [6, 6.07) is 0. The average Bonchev–Trinajstić information content (AvgIpc) is 2.65. The Morgan fingerprint density at radius 2 is 1.85 bits per heavy atom. The summed E-state index contributed by atoms with van der Waals surface area (Å²) in [4.78, 5) is 24.1. The van der Waals surface area contributed by atoms with Crippen LogP contribution >= 0.6 is 0 Å². The van der Waals surface area contributed by atoms with Gasteiger partial charge in [0.25, 0.3) is 0 Å². The van der Waals surface area contributed by atoms with E-state index in [1.165, 1.54) is 14.2 Å². The molecule has 1 aliphatic heterocycles. The lowest BCUT2D eigenvalue weighted by atomic mass is 9.85. The Balaban J connectivity index is 3.31. The maximum atomic E-state index is 12.2. The van der Waals surface area contributed by atoms with Crippen molar-refractivity contribution in [2.24, 2.45) is 5.92 Å². The van der Waals surface area contributed by atoms with Crippen LogP contribution in [0.15, 0.2) is 11.1 Å². The van der Waals surface area contributed by atoms with E-state index in [2.05, 4.69) is 0 Å². The van der Waals surface area contributed by atoms with Gasteiger partial charge in [0.2, 0.25) is 0 Å². The molecule has 0 saturated heterocycles. The molecule has 0 amide bonds. The predicted molar refractivity (Wildman–Crippen MR) is 74.1 cm³/mol. The highest BCUT2D eigenvalue weighted by atomic mass is 16.5. The van der Waals surface area contributed by atoms with Gasteiger partial charge in [0.05, 0.1) is 38.1 Å². The fraction of sp³-hybridized carbons (Fsp3) is 0.733. The third-order valence-corrected chi connectivity index (χ3v) is 3.67. The Morgan fingerprint density at radius 1 is 1.20 bits per heavy atom. The van der Waals surface area contributed by atoms with Crippen LogP contribution in [0.1, 0.15) is 39.5 Å². The van der Waals surface area contributed by atoms with E-state index in [4.69, 9.17) is 14.2 Å². The molecule has 114 valence electrons. The van der Waals surface area contributed by atoms with Crippen molar-refractivity contribution in [3.05, 3.63) is 11.1 Å². The van der Waals surface area contributed by atoms with Crippen molar-refractivity contribution in [2.45, 2.75) is 45.6 Å². The standard InChI is InChI=1S/C15H24O5/c1-5-7-10-12(6-2)20-9-8-11(14(16)18-3)13(10)15(17)19-4/h10,12H,5-9H2,1-4H3/t10-,12?/m1/s1. The topological polar surface area (TPSA) is 61.8 Å². The maximum Gasteiger partial charge on any atom is 0.334 e. The van der Waals surface area contributed by atoms with Crippen LogP contribution in [0.2, 0.25) is 0 Å². The van der Waals surface area contributed by atoms with Crippen LogP contribution < -0.4 is 0 Å². The third kappa shape index (κ3) is 3.60. The zero-order valence-electron chi connectivity index (χ0n) is 12.7. The molecule has 0 saturated carbocycles. The summed E-state index contributed by atoms with van der Waals surface area (Å²) < 4.78 is 15.5. The van der Waals surface area contributed by atoms with Crippen molar-refractivity contribution < 1.29 is 23.8 Å². The lowest BCUT2D eigenvalue weighted by molar-refractivity contribution is -0.140. The van der Waals surface area contributed by atoms with E-state index >= 15 is 0 Å². The Labute approximate surface area is 120 Å². The van der Waals surface area contributed by atoms with E-state index in [0.717, 1.165) is 19.3 Å². The van der Waals surface area contributed by atoms with E-state index in [1.54, 1.807) is 0 Å². The van der Waals surface area contributed by atoms with Gasteiger partial charge in [-0.1, -0.05) is 20.3 Å². The first kappa shape index (κ1) is 16.7. The van der Waals surface area contributed by atoms with E-state index in [1.807, 2.05) is 13.8 Å². The predicted octanol–water partition coefficient (Wildman–Crippen LogP) is 2.24. The highest BCUT2D eigenvalue weighted by molar-refractivity contribution is 6.00. The number of hydrogen-bond donors (Lipinski definition) is 0. The number of rotatable bonds is 5. The first-order chi connectivity index (χ1) is 9.60. The fourth-order valence-electron chi connectivity index (χ4n) is 2.74. The molecule has 1 aliphatic rings. The Morgan fingerprint density at radius 3 is 2.35 bits per heavy atom. The van der Waals surface area contributed by atoms with Crippen LogP contribution in [0.25, 0.3) is 0 Å². The number of methoxy groups -OCH3 is 2. The number of carbonyl (C=O) groups is 2. The molecule has 1 unspecified atom stereocenters. The van der Waals surface area contributed by atoms with Gasteiger partial charge in [0, 0.05) is 12.3 Å². The van der Waals surface area contributed by atoms with Gasteiger partial charge in [-0.3, -0.25) is 0 Å². The quantitative estimate of drug-likeness (QED) is 0.725. The second-order valence-corrected chi connectivity index (χ2v) is 4.84. The van der Waals surface area contributed by atoms with E-state index in [0.29, 0.717) is 24.2 Å². The van der Waals surface area contributed by atoms with E-state index < -0.39 is 11.9 Å². The van der Waals surface area contributed by atoms with Gasteiger partial charge in [-0.15, -0.1) is 0 Å². The summed E-state index contributed by atoms with van der Waals surface area (Å²) >= 11 is 0. The van der Waals surface area contributed by atoms with Crippen molar-refractivity contribution in [3.8, 4) is 0 Å². The van der Waals surface area contributed by atoms with Gasteiger partial charge in [-0.25, -0.2) is 9.59 Å². The number of carbonyl (C=O) groups excluding carboxylic acids is 2. The van der Waals surface area contributed by atoms with Crippen LogP contribution in [0.4, 0.5) is 0 Å². The van der Waals surface area contributed by atoms with Gasteiger partial charge in [0.15, 0.2) is 0 Å². The number of esters is 2. The summed E-state index contributed by atoms with van der Waals surface area (Å²) in [6.45, 7) is 4.49. The Hall–Kier alpha value is -1.36. The fourth-order valence-corrected chi connectivity index (χ4v) is 2.74.